The number of para-hydroxylation sites is 1. The molecule has 0 saturated heterocycles. The van der Waals surface area contributed by atoms with Crippen LogP contribution in [0.5, 0.6) is 0 Å². The summed E-state index contributed by atoms with van der Waals surface area (Å²) in [4.78, 5) is 33.0. The van der Waals surface area contributed by atoms with Gasteiger partial charge in [0.1, 0.15) is 7.11 Å². The van der Waals surface area contributed by atoms with Crippen LogP contribution in [0.25, 0.3) is 10.9 Å². The Labute approximate surface area is 119 Å². The molecule has 6 nitrogen and oxygen atoms in total. The van der Waals surface area contributed by atoms with Crippen LogP contribution in [0.2, 0.25) is 0 Å². The van der Waals surface area contributed by atoms with Crippen LogP contribution in [0.4, 0.5) is 0 Å². The molecule has 0 amide bonds. The maximum atomic E-state index is 12.2. The summed E-state index contributed by atoms with van der Waals surface area (Å²) in [6, 6.07) is 6.98. The maximum Gasteiger partial charge on any atom is 0.316 e. The van der Waals surface area contributed by atoms with E-state index in [4.69, 9.17) is 9.57 Å². The molecule has 0 bridgehead atoms. The molecule has 0 saturated carbocycles. The molecule has 0 atom stereocenters. The predicted molar refractivity (Wildman–Crippen MR) is 75.9 cm³/mol. The molecule has 0 N–H and O–H groups in total. The first-order chi connectivity index (χ1) is 9.67. The molecule has 20 heavy (non-hydrogen) atoms. The van der Waals surface area contributed by atoms with E-state index in [9.17, 15) is 9.59 Å². The Bertz CT molecular complexity index is 684. The van der Waals surface area contributed by atoms with E-state index in [-0.39, 0.29) is 17.3 Å². The third-order valence-electron chi connectivity index (χ3n) is 2.52. The van der Waals surface area contributed by atoms with Crippen molar-refractivity contribution in [2.24, 2.45) is 0 Å². The summed E-state index contributed by atoms with van der Waals surface area (Å²) in [5, 5.41) is 0.791. The predicted octanol–water partition coefficient (Wildman–Crippen LogP) is 1.11. The minimum atomic E-state index is -0.359. The number of thioether (sulfide) groups is 1. The van der Waals surface area contributed by atoms with Gasteiger partial charge in [0.05, 0.1) is 23.3 Å². The Morgan fingerprint density at radius 3 is 2.85 bits per heavy atom. The smallest absolute Gasteiger partial charge is 0.316 e. The second kappa shape index (κ2) is 6.42. The minimum Gasteiger partial charge on any atom is -0.465 e. The van der Waals surface area contributed by atoms with Crippen LogP contribution in [0.1, 0.15) is 6.92 Å². The summed E-state index contributed by atoms with van der Waals surface area (Å²) in [6.07, 6.45) is 0. The molecule has 1 aromatic heterocycles. The van der Waals surface area contributed by atoms with Gasteiger partial charge in [-0.3, -0.25) is 9.59 Å². The molecule has 0 fully saturated rings. The molecule has 106 valence electrons. The molecule has 0 radical (unpaired) electrons. The summed E-state index contributed by atoms with van der Waals surface area (Å²) in [7, 11) is 1.38. The zero-order chi connectivity index (χ0) is 14.5. The van der Waals surface area contributed by atoms with Crippen LogP contribution in [0, 0.1) is 0 Å². The molecule has 7 heteroatoms. The van der Waals surface area contributed by atoms with E-state index < -0.39 is 0 Å². The van der Waals surface area contributed by atoms with Crippen molar-refractivity contribution in [3.05, 3.63) is 34.6 Å². The van der Waals surface area contributed by atoms with Gasteiger partial charge in [-0.2, -0.15) is 0 Å². The molecule has 0 spiro atoms. The van der Waals surface area contributed by atoms with Crippen molar-refractivity contribution in [3.63, 3.8) is 0 Å². The van der Waals surface area contributed by atoms with Gasteiger partial charge in [0.15, 0.2) is 0 Å². The van der Waals surface area contributed by atoms with Gasteiger partial charge in [-0.25, -0.2) is 4.98 Å². The summed E-state index contributed by atoms with van der Waals surface area (Å²) in [5.74, 6) is -0.287. The number of fused-ring (bicyclic) bond motifs is 1. The van der Waals surface area contributed by atoms with Gasteiger partial charge in [-0.1, -0.05) is 23.9 Å². The van der Waals surface area contributed by atoms with Crippen molar-refractivity contribution >= 4 is 28.6 Å². The quantitative estimate of drug-likeness (QED) is 0.467. The highest BCUT2D eigenvalue weighted by molar-refractivity contribution is 7.99. The summed E-state index contributed by atoms with van der Waals surface area (Å²) in [6.45, 7) is 2.06. The molecule has 2 rings (SSSR count). The van der Waals surface area contributed by atoms with Crippen LogP contribution < -0.4 is 10.4 Å². The number of rotatable bonds is 5. The minimum absolute atomic E-state index is 0.0714. The first-order valence-corrected chi connectivity index (χ1v) is 7.00. The van der Waals surface area contributed by atoms with Gasteiger partial charge in [0.2, 0.25) is 5.16 Å². The van der Waals surface area contributed by atoms with Crippen molar-refractivity contribution in [1.29, 1.82) is 0 Å². The van der Waals surface area contributed by atoms with Crippen molar-refractivity contribution in [2.45, 2.75) is 12.1 Å². The molecular weight excluding hydrogens is 280 g/mol. The van der Waals surface area contributed by atoms with Gasteiger partial charge >= 0.3 is 5.97 Å². The average Bonchev–Trinajstić information content (AvgIpc) is 2.46. The average molecular weight is 294 g/mol. The molecule has 0 unspecified atom stereocenters. The number of hydrogen-bond acceptors (Lipinski definition) is 6. The molecule has 2 aromatic rings. The third-order valence-corrected chi connectivity index (χ3v) is 3.41. The zero-order valence-corrected chi connectivity index (χ0v) is 12.0. The first-order valence-electron chi connectivity index (χ1n) is 6.02. The van der Waals surface area contributed by atoms with Crippen LogP contribution >= 0.6 is 11.8 Å². The SMILES string of the molecule is CCOC(=O)CSc1nc2ccccc2c(=O)n1OC. The number of ether oxygens (including phenoxy) is 1. The van der Waals surface area contributed by atoms with E-state index in [0.29, 0.717) is 22.7 Å². The second-order valence-electron chi connectivity index (χ2n) is 3.79. The fourth-order valence-electron chi connectivity index (χ4n) is 1.67. The lowest BCUT2D eigenvalue weighted by molar-refractivity contribution is -0.139. The van der Waals surface area contributed by atoms with Crippen molar-refractivity contribution < 1.29 is 14.4 Å². The zero-order valence-electron chi connectivity index (χ0n) is 11.2. The van der Waals surface area contributed by atoms with Crippen LogP contribution in [-0.4, -0.2) is 35.2 Å². The number of aromatic nitrogens is 2. The van der Waals surface area contributed by atoms with E-state index in [2.05, 4.69) is 4.98 Å². The van der Waals surface area contributed by atoms with E-state index in [0.717, 1.165) is 16.5 Å². The highest BCUT2D eigenvalue weighted by atomic mass is 32.2. The monoisotopic (exact) mass is 294 g/mol. The fourth-order valence-corrected chi connectivity index (χ4v) is 2.44. The Morgan fingerprint density at radius 1 is 1.40 bits per heavy atom. The summed E-state index contributed by atoms with van der Waals surface area (Å²) >= 11 is 1.10. The topological polar surface area (TPSA) is 70.4 Å². The Kier molecular flexibility index (Phi) is 4.62. The van der Waals surface area contributed by atoms with Crippen LogP contribution in [0.15, 0.2) is 34.2 Å². The van der Waals surface area contributed by atoms with Crippen LogP contribution in [0.3, 0.4) is 0 Å². The van der Waals surface area contributed by atoms with Gasteiger partial charge in [0, 0.05) is 0 Å². The highest BCUT2D eigenvalue weighted by Crippen LogP contribution is 2.16. The second-order valence-corrected chi connectivity index (χ2v) is 4.73. The number of carbonyl (C=O) groups excluding carboxylic acids is 1. The maximum absolute atomic E-state index is 12.2. The lowest BCUT2D eigenvalue weighted by atomic mass is 10.2. The standard InChI is InChI=1S/C13H14N2O4S/c1-3-19-11(16)8-20-13-14-10-7-5-4-6-9(10)12(17)15(13)18-2/h4-7H,3,8H2,1-2H3. The molecule has 1 aromatic carbocycles. The van der Waals surface area contributed by atoms with E-state index in [1.54, 1.807) is 31.2 Å². The van der Waals surface area contributed by atoms with E-state index in [1.165, 1.54) is 7.11 Å². The molecule has 0 aliphatic rings. The number of esters is 1. The number of benzene rings is 1. The van der Waals surface area contributed by atoms with Gasteiger partial charge < -0.3 is 9.57 Å². The van der Waals surface area contributed by atoms with E-state index in [1.807, 2.05) is 0 Å². The molecular formula is C13H14N2O4S. The lowest BCUT2D eigenvalue weighted by Gasteiger charge is -2.10. The molecule has 0 aliphatic carbocycles. The van der Waals surface area contributed by atoms with E-state index >= 15 is 0 Å². The number of nitrogens with zero attached hydrogens (tertiary/aromatic N) is 2. The Morgan fingerprint density at radius 2 is 2.15 bits per heavy atom. The van der Waals surface area contributed by atoms with Crippen molar-refractivity contribution in [1.82, 2.24) is 9.71 Å². The summed E-state index contributed by atoms with van der Waals surface area (Å²) < 4.78 is 5.91. The third kappa shape index (κ3) is 2.93. The van der Waals surface area contributed by atoms with Crippen molar-refractivity contribution in [3.8, 4) is 0 Å². The lowest BCUT2D eigenvalue weighted by Crippen LogP contribution is -2.28. The van der Waals surface area contributed by atoms with Gasteiger partial charge in [-0.15, -0.1) is 4.73 Å². The van der Waals surface area contributed by atoms with Crippen molar-refractivity contribution in [2.75, 3.05) is 19.5 Å². The highest BCUT2D eigenvalue weighted by Gasteiger charge is 2.13. The van der Waals surface area contributed by atoms with Gasteiger partial charge in [0.25, 0.3) is 5.56 Å². The Hall–Kier alpha value is -2.02. The normalized spacial score (nSPS) is 10.5. The largest absolute Gasteiger partial charge is 0.465 e. The fraction of sp³-hybridized carbons (Fsp3) is 0.308. The van der Waals surface area contributed by atoms with Gasteiger partial charge in [-0.05, 0) is 19.1 Å². The molecule has 0 aliphatic heterocycles. The Balaban J connectivity index is 2.37. The summed E-state index contributed by atoms with van der Waals surface area (Å²) in [5.41, 5.74) is 0.265. The first kappa shape index (κ1) is 14.4. The number of carbonyl (C=O) groups is 1. The van der Waals surface area contributed by atoms with Crippen LogP contribution in [-0.2, 0) is 9.53 Å². The number of hydrogen-bond donors (Lipinski definition) is 0. The molecule has 1 heterocycles.